The number of hydrogen-bond acceptors (Lipinski definition) is 9. The third-order valence-electron chi connectivity index (χ3n) is 10.1. The zero-order valence-corrected chi connectivity index (χ0v) is 25.2. The van der Waals surface area contributed by atoms with Crippen molar-refractivity contribution in [1.82, 2.24) is 5.32 Å². The van der Waals surface area contributed by atoms with Gasteiger partial charge in [-0.05, 0) is 44.6 Å². The summed E-state index contributed by atoms with van der Waals surface area (Å²) in [6, 6.07) is 8.97. The minimum Gasteiger partial charge on any atom is -0.460 e. The molecule has 4 rings (SSSR count). The molecule has 1 saturated heterocycles. The Labute approximate surface area is 242 Å². The van der Waals surface area contributed by atoms with Crippen LogP contribution >= 0.6 is 0 Å². The molecular formula is C32H45NO8. The molecular weight excluding hydrogens is 526 g/mol. The van der Waals surface area contributed by atoms with Gasteiger partial charge in [-0.1, -0.05) is 57.2 Å². The highest BCUT2D eigenvalue weighted by molar-refractivity contribution is 5.92. The van der Waals surface area contributed by atoms with Crippen LogP contribution in [0.25, 0.3) is 0 Å². The summed E-state index contributed by atoms with van der Waals surface area (Å²) in [5.74, 6) is -2.55. The number of carbonyl (C=O) groups is 3. The van der Waals surface area contributed by atoms with Gasteiger partial charge in [-0.15, -0.1) is 6.58 Å². The number of ketones is 1. The first-order valence-corrected chi connectivity index (χ1v) is 14.4. The second kappa shape index (κ2) is 10.6. The highest BCUT2D eigenvalue weighted by atomic mass is 16.6. The maximum Gasteiger partial charge on any atom is 0.323 e. The van der Waals surface area contributed by atoms with E-state index in [4.69, 9.17) is 14.2 Å². The van der Waals surface area contributed by atoms with Crippen LogP contribution in [-0.4, -0.2) is 69.1 Å². The molecule has 9 heteroatoms. The molecule has 3 fully saturated rings. The number of fused-ring (bicyclic) bond motifs is 3. The lowest BCUT2D eigenvalue weighted by atomic mass is 9.39. The van der Waals surface area contributed by atoms with Gasteiger partial charge in [-0.2, -0.15) is 0 Å². The Morgan fingerprint density at radius 1 is 1.17 bits per heavy atom. The van der Waals surface area contributed by atoms with Crippen LogP contribution in [-0.2, 0) is 35.1 Å². The van der Waals surface area contributed by atoms with Gasteiger partial charge in [0.25, 0.3) is 0 Å². The van der Waals surface area contributed by atoms with E-state index in [1.807, 2.05) is 44.2 Å². The predicted octanol–water partition coefficient (Wildman–Crippen LogP) is 3.25. The van der Waals surface area contributed by atoms with E-state index in [0.717, 1.165) is 5.56 Å². The lowest BCUT2D eigenvalue weighted by molar-refractivity contribution is -0.370. The highest BCUT2D eigenvalue weighted by Crippen LogP contribution is 2.67. The van der Waals surface area contributed by atoms with Crippen LogP contribution in [0.15, 0.2) is 43.0 Å². The van der Waals surface area contributed by atoms with Gasteiger partial charge in [-0.25, -0.2) is 0 Å². The second-order valence-corrected chi connectivity index (χ2v) is 13.4. The molecule has 41 heavy (non-hydrogen) atoms. The number of aliphatic hydroxyl groups excluding tert-OH is 1. The molecule has 1 heterocycles. The van der Waals surface area contributed by atoms with Crippen molar-refractivity contribution >= 4 is 17.7 Å². The topological polar surface area (TPSA) is 131 Å². The van der Waals surface area contributed by atoms with Gasteiger partial charge in [0.05, 0.1) is 11.7 Å². The Bertz CT molecular complexity index is 1200. The van der Waals surface area contributed by atoms with Crippen LogP contribution in [0.2, 0.25) is 0 Å². The number of hydrogen-bond donors (Lipinski definition) is 3. The average molecular weight is 572 g/mol. The molecule has 2 aliphatic carbocycles. The van der Waals surface area contributed by atoms with Crippen molar-refractivity contribution in [3.63, 3.8) is 0 Å². The first-order valence-electron chi connectivity index (χ1n) is 14.4. The number of Topliss-reactive ketones (excluding diaryl/α,β-unsaturated/α-hetero) is 1. The second-order valence-electron chi connectivity index (χ2n) is 13.4. The minimum atomic E-state index is -2.28. The summed E-state index contributed by atoms with van der Waals surface area (Å²) >= 11 is 0. The molecule has 1 unspecified atom stereocenters. The molecule has 3 N–H and O–H groups in total. The van der Waals surface area contributed by atoms with Crippen molar-refractivity contribution < 1.29 is 38.8 Å². The molecule has 0 bridgehead atoms. The van der Waals surface area contributed by atoms with Gasteiger partial charge < -0.3 is 29.7 Å². The molecule has 3 aliphatic rings. The van der Waals surface area contributed by atoms with Crippen molar-refractivity contribution in [2.24, 2.45) is 16.7 Å². The Morgan fingerprint density at radius 2 is 1.80 bits per heavy atom. The van der Waals surface area contributed by atoms with Crippen molar-refractivity contribution in [2.45, 2.75) is 115 Å². The van der Waals surface area contributed by atoms with Crippen LogP contribution in [0, 0.1) is 16.7 Å². The van der Waals surface area contributed by atoms with Gasteiger partial charge in [-0.3, -0.25) is 14.4 Å². The van der Waals surface area contributed by atoms with Crippen LogP contribution < -0.4 is 5.32 Å². The highest BCUT2D eigenvalue weighted by Gasteiger charge is 2.82. The van der Waals surface area contributed by atoms with Gasteiger partial charge in [0, 0.05) is 31.2 Å². The van der Waals surface area contributed by atoms with E-state index in [1.54, 1.807) is 20.8 Å². The van der Waals surface area contributed by atoms with Gasteiger partial charge in [0.2, 0.25) is 0 Å². The van der Waals surface area contributed by atoms with E-state index in [9.17, 15) is 24.6 Å². The molecule has 2 saturated carbocycles. The SMILES string of the molecule is C=C[C@@]1(C)CC(=O)[C@]2(O)[C@@]3(C)[C@@H](OC(=O)C(C)NCc4ccccc4)CCC(C)(C)[C@@H]3[C@H](O)[C@H](OC(C)=O)[C@@]2(C)O1. The Morgan fingerprint density at radius 3 is 2.39 bits per heavy atom. The molecule has 0 radical (unpaired) electrons. The number of benzene rings is 1. The van der Waals surface area contributed by atoms with E-state index in [2.05, 4.69) is 11.9 Å². The number of rotatable bonds is 7. The fourth-order valence-corrected chi connectivity index (χ4v) is 8.01. The normalized spacial score (nSPS) is 40.5. The molecule has 0 aromatic heterocycles. The fraction of sp³-hybridized carbons (Fsp3) is 0.656. The Hall–Kier alpha value is -2.59. The summed E-state index contributed by atoms with van der Waals surface area (Å²) in [6.45, 7) is 15.9. The van der Waals surface area contributed by atoms with E-state index in [1.165, 1.54) is 19.9 Å². The first kappa shape index (κ1) is 31.3. The summed E-state index contributed by atoms with van der Waals surface area (Å²) in [5, 5.41) is 27.9. The van der Waals surface area contributed by atoms with Crippen molar-refractivity contribution in [1.29, 1.82) is 0 Å². The van der Waals surface area contributed by atoms with Crippen LogP contribution in [0.1, 0.15) is 73.3 Å². The van der Waals surface area contributed by atoms with Crippen molar-refractivity contribution in [3.8, 4) is 0 Å². The van der Waals surface area contributed by atoms with E-state index < -0.39 is 75.6 Å². The number of carbonyl (C=O) groups excluding carboxylic acids is 3. The molecule has 1 aromatic carbocycles. The molecule has 1 aromatic rings. The molecule has 9 atom stereocenters. The molecule has 226 valence electrons. The third-order valence-corrected chi connectivity index (χ3v) is 10.1. The van der Waals surface area contributed by atoms with Gasteiger partial charge >= 0.3 is 11.9 Å². The van der Waals surface area contributed by atoms with Crippen LogP contribution in [0.3, 0.4) is 0 Å². The third kappa shape index (κ3) is 4.84. The van der Waals surface area contributed by atoms with E-state index >= 15 is 0 Å². The fourth-order valence-electron chi connectivity index (χ4n) is 8.01. The first-order chi connectivity index (χ1) is 19.0. The largest absolute Gasteiger partial charge is 0.460 e. The zero-order chi connectivity index (χ0) is 30.6. The van der Waals surface area contributed by atoms with E-state index in [0.29, 0.717) is 19.4 Å². The zero-order valence-electron chi connectivity index (χ0n) is 25.2. The van der Waals surface area contributed by atoms with Crippen LogP contribution in [0.5, 0.6) is 0 Å². The number of esters is 2. The smallest absolute Gasteiger partial charge is 0.323 e. The summed E-state index contributed by atoms with van der Waals surface area (Å²) in [7, 11) is 0. The lowest BCUT2D eigenvalue weighted by Crippen LogP contribution is -2.87. The number of nitrogens with one attached hydrogen (secondary N) is 1. The summed E-state index contributed by atoms with van der Waals surface area (Å²) in [6.07, 6.45) is -1.47. The number of aliphatic hydroxyl groups is 2. The van der Waals surface area contributed by atoms with Crippen molar-refractivity contribution in [2.75, 3.05) is 0 Å². The summed E-state index contributed by atoms with van der Waals surface area (Å²) < 4.78 is 18.3. The summed E-state index contributed by atoms with van der Waals surface area (Å²) in [5.41, 5.74) is -6.46. The minimum absolute atomic E-state index is 0.191. The Balaban J connectivity index is 1.77. The standard InChI is InChI=1S/C32H45NO8/c1-9-29(6)17-22(35)32(38)30(7)23(40-27(37)19(2)33-18-21-13-11-10-12-14-21)15-16-28(4,5)25(30)24(36)26(39-20(3)34)31(32,8)41-29/h9-14,19,23-26,33,36,38H,1,15-18H2,2-8H3/t19?,23-,24-,25-,26-,29-,30-,31+,32-/m0/s1. The molecule has 0 amide bonds. The summed E-state index contributed by atoms with van der Waals surface area (Å²) in [4.78, 5) is 39.9. The average Bonchev–Trinajstić information content (AvgIpc) is 2.89. The molecule has 1 aliphatic heterocycles. The Kier molecular flexibility index (Phi) is 8.10. The molecule has 9 nitrogen and oxygen atoms in total. The quantitative estimate of drug-likeness (QED) is 0.333. The van der Waals surface area contributed by atoms with E-state index in [-0.39, 0.29) is 6.42 Å². The van der Waals surface area contributed by atoms with Gasteiger partial charge in [0.1, 0.15) is 17.7 Å². The van der Waals surface area contributed by atoms with Crippen LogP contribution in [0.4, 0.5) is 0 Å². The molecule has 0 spiro atoms. The predicted molar refractivity (Wildman–Crippen MR) is 151 cm³/mol. The maximum atomic E-state index is 14.2. The van der Waals surface area contributed by atoms with Gasteiger partial charge in [0.15, 0.2) is 17.5 Å². The maximum absolute atomic E-state index is 14.2. The van der Waals surface area contributed by atoms with Crippen molar-refractivity contribution in [3.05, 3.63) is 48.6 Å². The number of ether oxygens (including phenoxy) is 3. The lowest BCUT2D eigenvalue weighted by Gasteiger charge is -2.71. The monoisotopic (exact) mass is 571 g/mol.